The number of nitrogens with zero attached hydrogens (tertiary/aromatic N) is 1. The highest BCUT2D eigenvalue weighted by Gasteiger charge is 2.08. The van der Waals surface area contributed by atoms with Crippen molar-refractivity contribution in [1.82, 2.24) is 5.16 Å². The molecule has 0 aliphatic heterocycles. The summed E-state index contributed by atoms with van der Waals surface area (Å²) in [4.78, 5) is 0. The van der Waals surface area contributed by atoms with Crippen LogP contribution in [0.3, 0.4) is 0 Å². The van der Waals surface area contributed by atoms with Gasteiger partial charge < -0.3 is 15.0 Å². The van der Waals surface area contributed by atoms with Crippen molar-refractivity contribution in [3.8, 4) is 5.75 Å². The van der Waals surface area contributed by atoms with Crippen molar-refractivity contribution < 1.29 is 9.26 Å². The van der Waals surface area contributed by atoms with E-state index in [1.54, 1.807) is 18.5 Å². The lowest BCUT2D eigenvalue weighted by atomic mass is 10.1. The van der Waals surface area contributed by atoms with Gasteiger partial charge in [-0.2, -0.15) is 0 Å². The van der Waals surface area contributed by atoms with Gasteiger partial charge in [-0.25, -0.2) is 0 Å². The molecule has 0 spiro atoms. The van der Waals surface area contributed by atoms with E-state index in [-0.39, 0.29) is 6.04 Å². The standard InChI is InChI=1S/C13H15ClN2O2/c1-9(15)4-11-5-12(14)2-3-13(11)17-7-10-6-16-18-8-10/h2-3,5-6,8-9H,4,7,15H2,1H3. The third-order valence-electron chi connectivity index (χ3n) is 2.44. The van der Waals surface area contributed by atoms with Gasteiger partial charge in [0.05, 0.1) is 6.20 Å². The summed E-state index contributed by atoms with van der Waals surface area (Å²) < 4.78 is 10.5. The Hall–Kier alpha value is -1.52. The highest BCUT2D eigenvalue weighted by molar-refractivity contribution is 6.30. The number of ether oxygens (including phenoxy) is 1. The Bertz CT molecular complexity index is 498. The molecule has 96 valence electrons. The number of hydrogen-bond acceptors (Lipinski definition) is 4. The van der Waals surface area contributed by atoms with Gasteiger partial charge >= 0.3 is 0 Å². The molecule has 1 aromatic carbocycles. The largest absolute Gasteiger partial charge is 0.488 e. The van der Waals surface area contributed by atoms with Crippen molar-refractivity contribution in [2.24, 2.45) is 5.73 Å². The topological polar surface area (TPSA) is 61.3 Å². The van der Waals surface area contributed by atoms with E-state index in [1.165, 1.54) is 0 Å². The molecule has 0 saturated carbocycles. The second-order valence-electron chi connectivity index (χ2n) is 4.25. The number of benzene rings is 1. The van der Waals surface area contributed by atoms with E-state index in [0.29, 0.717) is 11.6 Å². The van der Waals surface area contributed by atoms with Crippen molar-refractivity contribution in [3.05, 3.63) is 46.8 Å². The molecule has 1 heterocycles. The molecular weight excluding hydrogens is 252 g/mol. The fourth-order valence-corrected chi connectivity index (χ4v) is 1.85. The smallest absolute Gasteiger partial charge is 0.130 e. The Morgan fingerprint density at radius 3 is 3.00 bits per heavy atom. The maximum absolute atomic E-state index is 5.98. The normalized spacial score (nSPS) is 12.4. The van der Waals surface area contributed by atoms with Crippen molar-refractivity contribution >= 4 is 11.6 Å². The van der Waals surface area contributed by atoms with Gasteiger partial charge in [0.15, 0.2) is 0 Å². The minimum Gasteiger partial charge on any atom is -0.488 e. The number of aromatic nitrogens is 1. The predicted octanol–water partition coefficient (Wildman–Crippen LogP) is 2.80. The van der Waals surface area contributed by atoms with Crippen molar-refractivity contribution in [2.45, 2.75) is 26.0 Å². The van der Waals surface area contributed by atoms with Gasteiger partial charge in [0.2, 0.25) is 0 Å². The molecule has 1 aromatic heterocycles. The molecule has 4 nitrogen and oxygen atoms in total. The summed E-state index contributed by atoms with van der Waals surface area (Å²) in [7, 11) is 0. The molecule has 0 amide bonds. The first-order chi connectivity index (χ1) is 8.65. The molecule has 2 rings (SSSR count). The van der Waals surface area contributed by atoms with Crippen LogP contribution in [0.1, 0.15) is 18.1 Å². The maximum atomic E-state index is 5.98. The molecule has 1 unspecified atom stereocenters. The van der Waals surface area contributed by atoms with E-state index in [1.807, 2.05) is 19.1 Å². The van der Waals surface area contributed by atoms with Gasteiger partial charge in [0.25, 0.3) is 0 Å². The molecule has 2 aromatic rings. The molecule has 2 N–H and O–H groups in total. The summed E-state index contributed by atoms with van der Waals surface area (Å²) >= 11 is 5.98. The van der Waals surface area contributed by atoms with Crippen molar-refractivity contribution in [3.63, 3.8) is 0 Å². The summed E-state index contributed by atoms with van der Waals surface area (Å²) in [6.45, 7) is 2.36. The molecule has 1 atom stereocenters. The number of hydrogen-bond donors (Lipinski definition) is 1. The second kappa shape index (κ2) is 5.89. The number of halogens is 1. The number of rotatable bonds is 5. The molecule has 0 aliphatic carbocycles. The Labute approximate surface area is 111 Å². The van der Waals surface area contributed by atoms with Gasteiger partial charge in [-0.3, -0.25) is 0 Å². The lowest BCUT2D eigenvalue weighted by molar-refractivity contribution is 0.300. The number of nitrogens with two attached hydrogens (primary N) is 1. The summed E-state index contributed by atoms with van der Waals surface area (Å²) in [6, 6.07) is 5.60. The zero-order chi connectivity index (χ0) is 13.0. The lowest BCUT2D eigenvalue weighted by Crippen LogP contribution is -2.18. The third-order valence-corrected chi connectivity index (χ3v) is 2.68. The van der Waals surface area contributed by atoms with Crippen LogP contribution < -0.4 is 10.5 Å². The van der Waals surface area contributed by atoms with Crippen LogP contribution in [0, 0.1) is 0 Å². The van der Waals surface area contributed by atoms with Gasteiger partial charge in [-0.15, -0.1) is 0 Å². The quantitative estimate of drug-likeness (QED) is 0.904. The van der Waals surface area contributed by atoms with E-state index in [0.717, 1.165) is 23.3 Å². The highest BCUT2D eigenvalue weighted by atomic mass is 35.5. The molecule has 0 saturated heterocycles. The first-order valence-electron chi connectivity index (χ1n) is 5.70. The molecule has 0 fully saturated rings. The molecule has 0 bridgehead atoms. The molecule has 5 heteroatoms. The van der Waals surface area contributed by atoms with Crippen LogP contribution in [0.5, 0.6) is 5.75 Å². The molecule has 0 aliphatic rings. The Kier molecular flexibility index (Phi) is 4.23. The SMILES string of the molecule is CC(N)Cc1cc(Cl)ccc1OCc1cnoc1. The summed E-state index contributed by atoms with van der Waals surface area (Å²) in [5.74, 6) is 0.790. The first-order valence-corrected chi connectivity index (χ1v) is 6.08. The average Bonchev–Trinajstić information content (AvgIpc) is 2.80. The second-order valence-corrected chi connectivity index (χ2v) is 4.69. The van der Waals surface area contributed by atoms with Crippen LogP contribution in [0.4, 0.5) is 0 Å². The summed E-state index contributed by atoms with van der Waals surface area (Å²) in [5, 5.41) is 4.31. The van der Waals surface area contributed by atoms with Gasteiger partial charge in [0.1, 0.15) is 18.6 Å². The minimum atomic E-state index is 0.0569. The van der Waals surface area contributed by atoms with E-state index >= 15 is 0 Å². The van der Waals surface area contributed by atoms with Crippen molar-refractivity contribution in [1.29, 1.82) is 0 Å². The molecule has 0 radical (unpaired) electrons. The molecular formula is C13H15ClN2O2. The van der Waals surface area contributed by atoms with E-state index in [9.17, 15) is 0 Å². The monoisotopic (exact) mass is 266 g/mol. The predicted molar refractivity (Wildman–Crippen MR) is 69.6 cm³/mol. The first kappa shape index (κ1) is 12.9. The van der Waals surface area contributed by atoms with Crippen LogP contribution >= 0.6 is 11.6 Å². The minimum absolute atomic E-state index is 0.0569. The fourth-order valence-electron chi connectivity index (χ4n) is 1.65. The van der Waals surface area contributed by atoms with Gasteiger partial charge in [-0.1, -0.05) is 16.8 Å². The van der Waals surface area contributed by atoms with E-state index in [2.05, 4.69) is 5.16 Å². The van der Waals surface area contributed by atoms with Crippen LogP contribution in [0.2, 0.25) is 5.02 Å². The highest BCUT2D eigenvalue weighted by Crippen LogP contribution is 2.24. The molecule has 18 heavy (non-hydrogen) atoms. The zero-order valence-corrected chi connectivity index (χ0v) is 10.9. The summed E-state index contributed by atoms with van der Waals surface area (Å²) in [5.41, 5.74) is 7.70. The average molecular weight is 267 g/mol. The fraction of sp³-hybridized carbons (Fsp3) is 0.308. The maximum Gasteiger partial charge on any atom is 0.130 e. The van der Waals surface area contributed by atoms with Gasteiger partial charge in [0, 0.05) is 16.6 Å². The van der Waals surface area contributed by atoms with E-state index < -0.39 is 0 Å². The van der Waals surface area contributed by atoms with Crippen molar-refractivity contribution in [2.75, 3.05) is 0 Å². The van der Waals surface area contributed by atoms with E-state index in [4.69, 9.17) is 26.6 Å². The summed E-state index contributed by atoms with van der Waals surface area (Å²) in [6.07, 6.45) is 3.90. The van der Waals surface area contributed by atoms with Gasteiger partial charge in [-0.05, 0) is 37.1 Å². The zero-order valence-electron chi connectivity index (χ0n) is 10.1. The van der Waals surface area contributed by atoms with Crippen LogP contribution in [-0.4, -0.2) is 11.2 Å². The van der Waals surface area contributed by atoms with Crippen LogP contribution in [0.25, 0.3) is 0 Å². The Morgan fingerprint density at radius 1 is 1.50 bits per heavy atom. The Balaban J connectivity index is 2.10. The Morgan fingerprint density at radius 2 is 2.33 bits per heavy atom. The lowest BCUT2D eigenvalue weighted by Gasteiger charge is -2.12. The van der Waals surface area contributed by atoms with Crippen LogP contribution in [-0.2, 0) is 13.0 Å². The van der Waals surface area contributed by atoms with Crippen LogP contribution in [0.15, 0.2) is 35.2 Å². The third kappa shape index (κ3) is 3.48.